The van der Waals surface area contributed by atoms with Crippen molar-refractivity contribution >= 4 is 17.3 Å². The summed E-state index contributed by atoms with van der Waals surface area (Å²) in [6.07, 6.45) is 4.37. The molecule has 0 atom stereocenters. The Labute approximate surface area is 156 Å². The fraction of sp³-hybridized carbons (Fsp3) is 0.250. The molecule has 0 bridgehead atoms. The number of H-pyrrole nitrogens is 1. The maximum absolute atomic E-state index is 5.91. The summed E-state index contributed by atoms with van der Waals surface area (Å²) in [5, 5.41) is 15.4. The van der Waals surface area contributed by atoms with Gasteiger partial charge in [0, 0.05) is 29.9 Å². The first-order chi connectivity index (χ1) is 13.2. The van der Waals surface area contributed by atoms with Gasteiger partial charge in [-0.05, 0) is 37.5 Å². The SMILES string of the molecule is Cc1ccc(CNc2nc(N)nn3ccc(-c4cc(C5CC5)[nH]n4)c23)cc1. The van der Waals surface area contributed by atoms with Crippen LogP contribution in [0.15, 0.2) is 42.6 Å². The Morgan fingerprint density at radius 3 is 2.81 bits per heavy atom. The lowest BCUT2D eigenvalue weighted by Crippen LogP contribution is -2.08. The number of fused-ring (bicyclic) bond motifs is 1. The summed E-state index contributed by atoms with van der Waals surface area (Å²) in [5.41, 5.74) is 12.3. The Bertz CT molecular complexity index is 1100. The molecule has 0 amide bonds. The third-order valence-electron chi connectivity index (χ3n) is 5.00. The van der Waals surface area contributed by atoms with Crippen LogP contribution < -0.4 is 11.1 Å². The number of nitrogens with two attached hydrogens (primary N) is 1. The minimum Gasteiger partial charge on any atom is -0.366 e. The molecule has 4 aromatic rings. The van der Waals surface area contributed by atoms with Crippen LogP contribution in [0.25, 0.3) is 16.8 Å². The first-order valence-corrected chi connectivity index (χ1v) is 9.17. The third kappa shape index (κ3) is 3.01. The molecule has 7 heteroatoms. The predicted octanol–water partition coefficient (Wildman–Crippen LogP) is 3.50. The van der Waals surface area contributed by atoms with Crippen LogP contribution in [-0.2, 0) is 6.54 Å². The number of anilines is 2. The number of hydrogen-bond acceptors (Lipinski definition) is 5. The first-order valence-electron chi connectivity index (χ1n) is 9.17. The van der Waals surface area contributed by atoms with Crippen molar-refractivity contribution in [2.24, 2.45) is 0 Å². The van der Waals surface area contributed by atoms with Crippen molar-refractivity contribution in [2.75, 3.05) is 11.1 Å². The van der Waals surface area contributed by atoms with E-state index < -0.39 is 0 Å². The fourth-order valence-electron chi connectivity index (χ4n) is 3.34. The molecule has 0 aliphatic heterocycles. The van der Waals surface area contributed by atoms with Gasteiger partial charge in [-0.15, -0.1) is 5.10 Å². The molecule has 1 fully saturated rings. The highest BCUT2D eigenvalue weighted by Crippen LogP contribution is 2.40. The maximum Gasteiger partial charge on any atom is 0.240 e. The number of aromatic amines is 1. The predicted molar refractivity (Wildman–Crippen MR) is 105 cm³/mol. The summed E-state index contributed by atoms with van der Waals surface area (Å²) in [5.74, 6) is 1.57. The summed E-state index contributed by atoms with van der Waals surface area (Å²) in [4.78, 5) is 4.44. The molecule has 7 nitrogen and oxygen atoms in total. The lowest BCUT2D eigenvalue weighted by molar-refractivity contribution is 0.913. The second-order valence-corrected chi connectivity index (χ2v) is 7.16. The molecule has 0 radical (unpaired) electrons. The minimum absolute atomic E-state index is 0.233. The monoisotopic (exact) mass is 359 g/mol. The highest BCUT2D eigenvalue weighted by molar-refractivity contribution is 5.87. The van der Waals surface area contributed by atoms with Crippen molar-refractivity contribution in [1.29, 1.82) is 0 Å². The highest BCUT2D eigenvalue weighted by Gasteiger charge is 2.26. The van der Waals surface area contributed by atoms with Crippen molar-refractivity contribution in [1.82, 2.24) is 24.8 Å². The Balaban J connectivity index is 1.52. The maximum atomic E-state index is 5.91. The third-order valence-corrected chi connectivity index (χ3v) is 5.00. The van der Waals surface area contributed by atoms with E-state index in [9.17, 15) is 0 Å². The van der Waals surface area contributed by atoms with Gasteiger partial charge in [0.15, 0.2) is 5.82 Å². The molecular weight excluding hydrogens is 338 g/mol. The number of rotatable bonds is 5. The van der Waals surface area contributed by atoms with E-state index in [1.807, 2.05) is 12.3 Å². The lowest BCUT2D eigenvalue weighted by Gasteiger charge is -2.10. The van der Waals surface area contributed by atoms with E-state index in [2.05, 4.69) is 62.9 Å². The van der Waals surface area contributed by atoms with Crippen molar-refractivity contribution in [3.63, 3.8) is 0 Å². The molecular formula is C20H21N7. The van der Waals surface area contributed by atoms with Crippen molar-refractivity contribution in [2.45, 2.75) is 32.2 Å². The largest absolute Gasteiger partial charge is 0.366 e. The van der Waals surface area contributed by atoms with E-state index in [1.165, 1.54) is 29.7 Å². The average Bonchev–Trinajstić information content (AvgIpc) is 3.24. The van der Waals surface area contributed by atoms with Gasteiger partial charge in [-0.1, -0.05) is 29.8 Å². The molecule has 1 aromatic carbocycles. The smallest absolute Gasteiger partial charge is 0.240 e. The second-order valence-electron chi connectivity index (χ2n) is 7.16. The summed E-state index contributed by atoms with van der Waals surface area (Å²) in [6.45, 7) is 2.74. The summed E-state index contributed by atoms with van der Waals surface area (Å²) < 4.78 is 1.76. The topological polar surface area (TPSA) is 96.9 Å². The summed E-state index contributed by atoms with van der Waals surface area (Å²) in [7, 11) is 0. The van der Waals surface area contributed by atoms with E-state index in [0.717, 1.165) is 16.8 Å². The zero-order valence-corrected chi connectivity index (χ0v) is 15.1. The zero-order chi connectivity index (χ0) is 18.4. The van der Waals surface area contributed by atoms with Crippen LogP contribution in [0.4, 0.5) is 11.8 Å². The molecule has 136 valence electrons. The van der Waals surface area contributed by atoms with E-state index in [0.29, 0.717) is 18.3 Å². The van der Waals surface area contributed by atoms with E-state index in [-0.39, 0.29) is 5.95 Å². The van der Waals surface area contributed by atoms with Gasteiger partial charge in [0.1, 0.15) is 5.52 Å². The van der Waals surface area contributed by atoms with Gasteiger partial charge in [-0.2, -0.15) is 10.1 Å². The second kappa shape index (κ2) is 6.12. The number of aromatic nitrogens is 5. The summed E-state index contributed by atoms with van der Waals surface area (Å²) >= 11 is 0. The number of nitrogen functional groups attached to an aromatic ring is 1. The van der Waals surface area contributed by atoms with Crippen molar-refractivity contribution in [3.8, 4) is 11.3 Å². The Hall–Kier alpha value is -3.35. The molecule has 4 N–H and O–H groups in total. The molecule has 1 saturated carbocycles. The quantitative estimate of drug-likeness (QED) is 0.507. The van der Waals surface area contributed by atoms with Gasteiger partial charge in [-0.3, -0.25) is 5.10 Å². The normalized spacial score (nSPS) is 14.0. The first kappa shape index (κ1) is 15.9. The van der Waals surface area contributed by atoms with Gasteiger partial charge in [0.25, 0.3) is 0 Å². The molecule has 0 spiro atoms. The number of nitrogens with one attached hydrogen (secondary N) is 2. The van der Waals surface area contributed by atoms with Crippen LogP contribution in [0.2, 0.25) is 0 Å². The Kier molecular flexibility index (Phi) is 3.60. The lowest BCUT2D eigenvalue weighted by atomic mass is 10.1. The van der Waals surface area contributed by atoms with Crippen LogP contribution in [0.1, 0.15) is 35.6 Å². The molecule has 1 aliphatic rings. The van der Waals surface area contributed by atoms with Gasteiger partial charge in [-0.25, -0.2) is 4.52 Å². The van der Waals surface area contributed by atoms with E-state index in [4.69, 9.17) is 5.73 Å². The van der Waals surface area contributed by atoms with Crippen LogP contribution in [0.5, 0.6) is 0 Å². The van der Waals surface area contributed by atoms with Gasteiger partial charge >= 0.3 is 0 Å². The van der Waals surface area contributed by atoms with E-state index >= 15 is 0 Å². The average molecular weight is 359 g/mol. The van der Waals surface area contributed by atoms with Gasteiger partial charge in [0.05, 0.1) is 5.69 Å². The molecule has 5 rings (SSSR count). The number of benzene rings is 1. The van der Waals surface area contributed by atoms with Crippen molar-refractivity contribution < 1.29 is 0 Å². The standard InChI is InChI=1S/C20H21N7/c1-12-2-4-13(5-3-12)11-22-19-18-15(8-9-27(18)26-20(21)23-19)17-10-16(24-25-17)14-6-7-14/h2-5,8-10,14H,6-7,11H2,1H3,(H,24,25)(H3,21,22,23,26). The number of hydrogen-bond donors (Lipinski definition) is 3. The zero-order valence-electron chi connectivity index (χ0n) is 15.1. The van der Waals surface area contributed by atoms with Crippen LogP contribution in [0, 0.1) is 6.92 Å². The Morgan fingerprint density at radius 2 is 2.04 bits per heavy atom. The molecule has 3 heterocycles. The number of aryl methyl sites for hydroxylation is 1. The van der Waals surface area contributed by atoms with Crippen LogP contribution >= 0.6 is 0 Å². The molecule has 27 heavy (non-hydrogen) atoms. The van der Waals surface area contributed by atoms with Gasteiger partial charge in [0.2, 0.25) is 5.95 Å². The number of nitrogens with zero attached hydrogens (tertiary/aromatic N) is 4. The fourth-order valence-corrected chi connectivity index (χ4v) is 3.34. The summed E-state index contributed by atoms with van der Waals surface area (Å²) in [6, 6.07) is 12.6. The van der Waals surface area contributed by atoms with Gasteiger partial charge < -0.3 is 11.1 Å². The molecule has 0 saturated heterocycles. The molecule has 1 aliphatic carbocycles. The molecule has 3 aromatic heterocycles. The Morgan fingerprint density at radius 1 is 1.22 bits per heavy atom. The molecule has 0 unspecified atom stereocenters. The van der Waals surface area contributed by atoms with Crippen LogP contribution in [-0.4, -0.2) is 24.8 Å². The van der Waals surface area contributed by atoms with E-state index in [1.54, 1.807) is 4.52 Å². The van der Waals surface area contributed by atoms with Crippen LogP contribution in [0.3, 0.4) is 0 Å². The minimum atomic E-state index is 0.233. The highest BCUT2D eigenvalue weighted by atomic mass is 15.3. The van der Waals surface area contributed by atoms with Crippen molar-refractivity contribution in [3.05, 3.63) is 59.4 Å².